The van der Waals surface area contributed by atoms with Gasteiger partial charge in [0, 0.05) is 17.8 Å². The lowest BCUT2D eigenvalue weighted by atomic mass is 10.1. The van der Waals surface area contributed by atoms with E-state index < -0.39 is 0 Å². The van der Waals surface area contributed by atoms with Gasteiger partial charge >= 0.3 is 0 Å². The lowest BCUT2D eigenvalue weighted by Crippen LogP contribution is -2.33. The topological polar surface area (TPSA) is 70.2 Å². The van der Waals surface area contributed by atoms with Crippen LogP contribution in [0.25, 0.3) is 0 Å². The average molecular weight is 347 g/mol. The van der Waals surface area contributed by atoms with E-state index in [1.54, 1.807) is 19.1 Å². The molecule has 1 heterocycles. The summed E-state index contributed by atoms with van der Waals surface area (Å²) in [5.41, 5.74) is 2.30. The van der Waals surface area contributed by atoms with Gasteiger partial charge in [0.1, 0.15) is 0 Å². The largest absolute Gasteiger partial charge is 0.332 e. The summed E-state index contributed by atoms with van der Waals surface area (Å²) in [7, 11) is 0. The molecule has 0 radical (unpaired) electrons. The zero-order valence-electron chi connectivity index (χ0n) is 12.8. The van der Waals surface area contributed by atoms with Crippen LogP contribution in [0.15, 0.2) is 35.7 Å². The first-order valence-electron chi connectivity index (χ1n) is 7.06. The molecule has 0 unspecified atom stereocenters. The first kappa shape index (κ1) is 17.1. The summed E-state index contributed by atoms with van der Waals surface area (Å²) in [5, 5.41) is 10.5. The number of hydrogen-bond acceptors (Lipinski definition) is 4. The van der Waals surface area contributed by atoms with E-state index in [-0.39, 0.29) is 16.9 Å². The normalized spacial score (nSPS) is 10.0. The highest BCUT2D eigenvalue weighted by molar-refractivity contribution is 7.80. The molecular formula is C16H17N3O2S2. The molecule has 0 bridgehead atoms. The second-order valence-electron chi connectivity index (χ2n) is 4.77. The van der Waals surface area contributed by atoms with Crippen molar-refractivity contribution in [2.24, 2.45) is 0 Å². The minimum atomic E-state index is -0.245. The Bertz CT molecular complexity index is 727. The van der Waals surface area contributed by atoms with E-state index in [0.717, 1.165) is 11.3 Å². The van der Waals surface area contributed by atoms with Gasteiger partial charge in [-0.25, -0.2) is 0 Å². The molecule has 1 aromatic heterocycles. The van der Waals surface area contributed by atoms with Crippen LogP contribution in [-0.2, 0) is 4.79 Å². The Morgan fingerprint density at radius 3 is 2.43 bits per heavy atom. The Balaban J connectivity index is 2.05. The van der Waals surface area contributed by atoms with Gasteiger partial charge in [0.05, 0.1) is 4.88 Å². The van der Waals surface area contributed by atoms with Crippen molar-refractivity contribution in [3.63, 3.8) is 0 Å². The molecular weight excluding hydrogens is 330 g/mol. The van der Waals surface area contributed by atoms with E-state index in [0.29, 0.717) is 17.0 Å². The Labute approximate surface area is 144 Å². The zero-order chi connectivity index (χ0) is 16.8. The molecule has 0 spiro atoms. The van der Waals surface area contributed by atoms with Gasteiger partial charge in [0.15, 0.2) is 5.11 Å². The maximum Gasteiger partial charge on any atom is 0.267 e. The van der Waals surface area contributed by atoms with Crippen molar-refractivity contribution in [3.8, 4) is 0 Å². The number of thiophene rings is 1. The lowest BCUT2D eigenvalue weighted by Gasteiger charge is -2.14. The van der Waals surface area contributed by atoms with Crippen LogP contribution in [0.4, 0.5) is 11.4 Å². The smallest absolute Gasteiger partial charge is 0.267 e. The standard InChI is InChI=1S/C16H17N3O2S2/c1-3-14(20)17-11-6-4-7-12(10(11)2)18-16(22)19-15(21)13-8-5-9-23-13/h4-9H,3H2,1-2H3,(H,17,20)(H2,18,19,21,22). The molecule has 1 aromatic carbocycles. The summed E-state index contributed by atoms with van der Waals surface area (Å²) in [6.45, 7) is 3.67. The van der Waals surface area contributed by atoms with Crippen molar-refractivity contribution in [2.75, 3.05) is 10.6 Å². The molecule has 7 heteroatoms. The van der Waals surface area contributed by atoms with Crippen LogP contribution < -0.4 is 16.0 Å². The number of amides is 2. The van der Waals surface area contributed by atoms with Gasteiger partial charge in [-0.1, -0.05) is 19.1 Å². The summed E-state index contributed by atoms with van der Waals surface area (Å²) in [5.74, 6) is -0.301. The van der Waals surface area contributed by atoms with E-state index >= 15 is 0 Å². The van der Waals surface area contributed by atoms with Gasteiger partial charge in [0.25, 0.3) is 5.91 Å². The van der Waals surface area contributed by atoms with Crippen molar-refractivity contribution >= 4 is 51.9 Å². The fourth-order valence-corrected chi connectivity index (χ4v) is 2.69. The molecule has 0 atom stereocenters. The highest BCUT2D eigenvalue weighted by atomic mass is 32.1. The van der Waals surface area contributed by atoms with Crippen molar-refractivity contribution < 1.29 is 9.59 Å². The van der Waals surface area contributed by atoms with E-state index in [1.165, 1.54) is 11.3 Å². The zero-order valence-corrected chi connectivity index (χ0v) is 14.4. The fourth-order valence-electron chi connectivity index (χ4n) is 1.87. The predicted octanol–water partition coefficient (Wildman–Crippen LogP) is 3.53. The molecule has 2 rings (SSSR count). The number of hydrogen-bond donors (Lipinski definition) is 3. The molecule has 2 aromatic rings. The van der Waals surface area contributed by atoms with E-state index in [4.69, 9.17) is 12.2 Å². The van der Waals surface area contributed by atoms with Crippen molar-refractivity contribution in [2.45, 2.75) is 20.3 Å². The van der Waals surface area contributed by atoms with Gasteiger partial charge in [-0.15, -0.1) is 11.3 Å². The van der Waals surface area contributed by atoms with E-state index in [9.17, 15) is 9.59 Å². The molecule has 0 saturated heterocycles. The van der Waals surface area contributed by atoms with Crippen LogP contribution in [0.5, 0.6) is 0 Å². The first-order valence-corrected chi connectivity index (χ1v) is 8.35. The molecule has 2 amide bonds. The summed E-state index contributed by atoms with van der Waals surface area (Å²) in [4.78, 5) is 24.1. The van der Waals surface area contributed by atoms with Gasteiger partial charge in [-0.3, -0.25) is 14.9 Å². The monoisotopic (exact) mass is 347 g/mol. The van der Waals surface area contributed by atoms with Crippen molar-refractivity contribution in [1.29, 1.82) is 0 Å². The van der Waals surface area contributed by atoms with E-state index in [1.807, 2.05) is 30.5 Å². The number of benzene rings is 1. The molecule has 0 fully saturated rings. The first-order chi connectivity index (χ1) is 11.0. The maximum atomic E-state index is 12.0. The SMILES string of the molecule is CCC(=O)Nc1cccc(NC(=S)NC(=O)c2cccs2)c1C. The average Bonchev–Trinajstić information content (AvgIpc) is 3.05. The Kier molecular flexibility index (Phi) is 5.84. The summed E-state index contributed by atoms with van der Waals surface area (Å²) >= 11 is 6.52. The Hall–Kier alpha value is -2.25. The third kappa shape index (κ3) is 4.61. The van der Waals surface area contributed by atoms with Gasteiger partial charge in [-0.05, 0) is 48.3 Å². The molecule has 3 N–H and O–H groups in total. The molecule has 5 nitrogen and oxygen atoms in total. The number of thiocarbonyl (C=S) groups is 1. The van der Waals surface area contributed by atoms with Gasteiger partial charge < -0.3 is 10.6 Å². The third-order valence-corrected chi connectivity index (χ3v) is 4.22. The molecule has 0 aliphatic carbocycles. The number of nitrogens with one attached hydrogen (secondary N) is 3. The quantitative estimate of drug-likeness (QED) is 0.740. The summed E-state index contributed by atoms with van der Waals surface area (Å²) < 4.78 is 0. The highest BCUT2D eigenvalue weighted by Gasteiger charge is 2.11. The Morgan fingerprint density at radius 2 is 1.83 bits per heavy atom. The molecule has 0 aliphatic rings. The highest BCUT2D eigenvalue weighted by Crippen LogP contribution is 2.23. The molecule has 120 valence electrons. The predicted molar refractivity (Wildman–Crippen MR) is 98.1 cm³/mol. The number of rotatable bonds is 4. The van der Waals surface area contributed by atoms with Crippen molar-refractivity contribution in [1.82, 2.24) is 5.32 Å². The summed E-state index contributed by atoms with van der Waals surface area (Å²) in [6, 6.07) is 9.00. The fraction of sp³-hybridized carbons (Fsp3) is 0.188. The van der Waals surface area contributed by atoms with Gasteiger partial charge in [-0.2, -0.15) is 0 Å². The minimum Gasteiger partial charge on any atom is -0.332 e. The molecule has 0 saturated carbocycles. The minimum absolute atomic E-state index is 0.0566. The maximum absolute atomic E-state index is 12.0. The lowest BCUT2D eigenvalue weighted by molar-refractivity contribution is -0.115. The van der Waals surface area contributed by atoms with E-state index in [2.05, 4.69) is 16.0 Å². The van der Waals surface area contributed by atoms with Crippen LogP contribution in [-0.4, -0.2) is 16.9 Å². The number of carbonyl (C=O) groups is 2. The molecule has 23 heavy (non-hydrogen) atoms. The van der Waals surface area contributed by atoms with Crippen LogP contribution in [0, 0.1) is 6.92 Å². The Morgan fingerprint density at radius 1 is 1.13 bits per heavy atom. The van der Waals surface area contributed by atoms with Crippen molar-refractivity contribution in [3.05, 3.63) is 46.2 Å². The van der Waals surface area contributed by atoms with Crippen LogP contribution in [0.2, 0.25) is 0 Å². The van der Waals surface area contributed by atoms with Crippen LogP contribution >= 0.6 is 23.6 Å². The second kappa shape index (κ2) is 7.85. The third-order valence-electron chi connectivity index (χ3n) is 3.15. The van der Waals surface area contributed by atoms with Gasteiger partial charge in [0.2, 0.25) is 5.91 Å². The number of carbonyl (C=O) groups excluding carboxylic acids is 2. The molecule has 0 aliphatic heterocycles. The van der Waals surface area contributed by atoms with Crippen LogP contribution in [0.1, 0.15) is 28.6 Å². The summed E-state index contributed by atoms with van der Waals surface area (Å²) in [6.07, 6.45) is 0.409. The van der Waals surface area contributed by atoms with Crippen LogP contribution in [0.3, 0.4) is 0 Å². The number of anilines is 2. The second-order valence-corrected chi connectivity index (χ2v) is 6.12.